The Kier molecular flexibility index (Phi) is 6.61. The number of fused-ring (bicyclic) bond motifs is 1. The van der Waals surface area contributed by atoms with E-state index in [1.807, 2.05) is 60.5 Å². The van der Waals surface area contributed by atoms with Crippen molar-refractivity contribution in [1.82, 2.24) is 20.2 Å². The van der Waals surface area contributed by atoms with E-state index in [1.54, 1.807) is 6.20 Å². The lowest BCUT2D eigenvalue weighted by molar-refractivity contribution is 0.396. The number of H-pyrrole nitrogens is 1. The Morgan fingerprint density at radius 1 is 1.00 bits per heavy atom. The molecule has 0 radical (unpaired) electrons. The van der Waals surface area contributed by atoms with Gasteiger partial charge >= 0.3 is 0 Å². The molecule has 4 rings (SSSR count). The minimum atomic E-state index is -0.0946. The summed E-state index contributed by atoms with van der Waals surface area (Å²) >= 11 is 5.73. The fraction of sp³-hybridized carbons (Fsp3) is 0.192. The van der Waals surface area contributed by atoms with Crippen molar-refractivity contribution in [3.63, 3.8) is 0 Å². The van der Waals surface area contributed by atoms with Crippen LogP contribution in [0.5, 0.6) is 0 Å². The SMILES string of the molecule is Cc1cc2cc(CN(Cc3cccnc3)C(=S)NCc3ccccc3)c(=O)[nH]c2cc1C. The van der Waals surface area contributed by atoms with E-state index < -0.39 is 0 Å². The molecule has 0 saturated carbocycles. The summed E-state index contributed by atoms with van der Waals surface area (Å²) in [6.45, 7) is 5.70. The van der Waals surface area contributed by atoms with Crippen LogP contribution in [0.1, 0.15) is 27.8 Å². The maximum absolute atomic E-state index is 12.9. The first kappa shape index (κ1) is 21.7. The number of hydrogen-bond acceptors (Lipinski definition) is 3. The largest absolute Gasteiger partial charge is 0.358 e. The van der Waals surface area contributed by atoms with E-state index >= 15 is 0 Å². The number of hydrogen-bond donors (Lipinski definition) is 2. The van der Waals surface area contributed by atoms with Gasteiger partial charge in [0.1, 0.15) is 0 Å². The molecule has 0 saturated heterocycles. The van der Waals surface area contributed by atoms with Crippen molar-refractivity contribution in [1.29, 1.82) is 0 Å². The smallest absolute Gasteiger partial charge is 0.253 e. The van der Waals surface area contributed by atoms with Crippen LogP contribution >= 0.6 is 12.2 Å². The Hall–Kier alpha value is -3.51. The first-order valence-electron chi connectivity index (χ1n) is 10.6. The highest BCUT2D eigenvalue weighted by Gasteiger charge is 2.14. The highest BCUT2D eigenvalue weighted by molar-refractivity contribution is 7.80. The van der Waals surface area contributed by atoms with Crippen LogP contribution in [0.25, 0.3) is 10.9 Å². The molecule has 0 spiro atoms. The molecule has 0 atom stereocenters. The van der Waals surface area contributed by atoms with Gasteiger partial charge in [0.05, 0.1) is 6.54 Å². The van der Waals surface area contributed by atoms with Gasteiger partial charge in [0.25, 0.3) is 5.56 Å². The van der Waals surface area contributed by atoms with Gasteiger partial charge in [-0.05, 0) is 78.0 Å². The van der Waals surface area contributed by atoms with Gasteiger partial charge in [0, 0.05) is 36.6 Å². The zero-order chi connectivity index (χ0) is 22.5. The van der Waals surface area contributed by atoms with E-state index in [9.17, 15) is 4.79 Å². The predicted octanol–water partition coefficient (Wildman–Crippen LogP) is 4.62. The lowest BCUT2D eigenvalue weighted by Crippen LogP contribution is -2.39. The van der Waals surface area contributed by atoms with Crippen LogP contribution in [-0.2, 0) is 19.6 Å². The Labute approximate surface area is 193 Å². The summed E-state index contributed by atoms with van der Waals surface area (Å²) in [7, 11) is 0. The molecule has 32 heavy (non-hydrogen) atoms. The van der Waals surface area contributed by atoms with E-state index in [-0.39, 0.29) is 5.56 Å². The molecule has 2 aromatic carbocycles. The maximum atomic E-state index is 12.9. The topological polar surface area (TPSA) is 61.0 Å². The van der Waals surface area contributed by atoms with Crippen LogP contribution in [0.15, 0.2) is 77.9 Å². The highest BCUT2D eigenvalue weighted by Crippen LogP contribution is 2.18. The minimum Gasteiger partial charge on any atom is -0.358 e. The number of aromatic amines is 1. The zero-order valence-electron chi connectivity index (χ0n) is 18.3. The number of nitrogens with one attached hydrogen (secondary N) is 2. The molecule has 0 fully saturated rings. The molecule has 2 N–H and O–H groups in total. The van der Waals surface area contributed by atoms with Crippen LogP contribution in [-0.4, -0.2) is 20.0 Å². The molecule has 0 amide bonds. The molecule has 162 valence electrons. The number of nitrogens with zero attached hydrogens (tertiary/aromatic N) is 2. The molecular weight excluding hydrogens is 416 g/mol. The van der Waals surface area contributed by atoms with Crippen LogP contribution in [0.3, 0.4) is 0 Å². The molecule has 5 nitrogen and oxygen atoms in total. The van der Waals surface area contributed by atoms with Gasteiger partial charge in [-0.2, -0.15) is 0 Å². The van der Waals surface area contributed by atoms with Gasteiger partial charge in [-0.1, -0.05) is 36.4 Å². The van der Waals surface area contributed by atoms with E-state index in [0.29, 0.717) is 30.3 Å². The summed E-state index contributed by atoms with van der Waals surface area (Å²) < 4.78 is 0. The Morgan fingerprint density at radius 3 is 2.50 bits per heavy atom. The van der Waals surface area contributed by atoms with E-state index in [2.05, 4.69) is 40.4 Å². The van der Waals surface area contributed by atoms with Crippen LogP contribution in [0.2, 0.25) is 0 Å². The summed E-state index contributed by atoms with van der Waals surface area (Å²) in [6, 6.07) is 20.1. The normalized spacial score (nSPS) is 10.8. The van der Waals surface area contributed by atoms with Crippen LogP contribution < -0.4 is 10.9 Å². The van der Waals surface area contributed by atoms with Gasteiger partial charge in [-0.15, -0.1) is 0 Å². The van der Waals surface area contributed by atoms with Crippen molar-refractivity contribution in [2.45, 2.75) is 33.5 Å². The molecule has 0 aliphatic rings. The molecule has 2 aromatic heterocycles. The summed E-state index contributed by atoms with van der Waals surface area (Å²) in [5.74, 6) is 0. The Bertz CT molecular complexity index is 1290. The van der Waals surface area contributed by atoms with Crippen molar-refractivity contribution in [3.8, 4) is 0 Å². The van der Waals surface area contributed by atoms with Gasteiger partial charge in [0.2, 0.25) is 0 Å². The first-order chi connectivity index (χ1) is 15.5. The lowest BCUT2D eigenvalue weighted by atomic mass is 10.0. The minimum absolute atomic E-state index is 0.0946. The van der Waals surface area contributed by atoms with Crippen molar-refractivity contribution < 1.29 is 0 Å². The van der Waals surface area contributed by atoms with E-state index in [4.69, 9.17) is 12.2 Å². The second kappa shape index (κ2) is 9.75. The first-order valence-corrected chi connectivity index (χ1v) is 11.0. The molecule has 2 heterocycles. The molecule has 6 heteroatoms. The summed E-state index contributed by atoms with van der Waals surface area (Å²) in [4.78, 5) is 22.1. The lowest BCUT2D eigenvalue weighted by Gasteiger charge is -2.26. The summed E-state index contributed by atoms with van der Waals surface area (Å²) in [5.41, 5.74) is 5.96. The monoisotopic (exact) mass is 442 g/mol. The number of rotatable bonds is 6. The third-order valence-electron chi connectivity index (χ3n) is 5.57. The number of aryl methyl sites for hydroxylation is 2. The zero-order valence-corrected chi connectivity index (χ0v) is 19.1. The maximum Gasteiger partial charge on any atom is 0.253 e. The van der Waals surface area contributed by atoms with Crippen LogP contribution in [0, 0.1) is 13.8 Å². The van der Waals surface area contributed by atoms with Gasteiger partial charge < -0.3 is 15.2 Å². The van der Waals surface area contributed by atoms with Crippen molar-refractivity contribution in [2.24, 2.45) is 0 Å². The van der Waals surface area contributed by atoms with E-state index in [1.165, 1.54) is 5.56 Å². The number of benzene rings is 2. The fourth-order valence-electron chi connectivity index (χ4n) is 3.64. The van der Waals surface area contributed by atoms with Crippen molar-refractivity contribution in [2.75, 3.05) is 0 Å². The average Bonchev–Trinajstić information content (AvgIpc) is 2.80. The Balaban J connectivity index is 1.60. The fourth-order valence-corrected chi connectivity index (χ4v) is 3.84. The Morgan fingerprint density at radius 2 is 1.75 bits per heavy atom. The average molecular weight is 443 g/mol. The van der Waals surface area contributed by atoms with Crippen LogP contribution in [0.4, 0.5) is 0 Å². The third kappa shape index (κ3) is 5.21. The van der Waals surface area contributed by atoms with Crippen molar-refractivity contribution in [3.05, 3.63) is 111 Å². The highest BCUT2D eigenvalue weighted by atomic mass is 32.1. The quantitative estimate of drug-likeness (QED) is 0.427. The second-order valence-corrected chi connectivity index (χ2v) is 8.40. The third-order valence-corrected chi connectivity index (χ3v) is 5.97. The predicted molar refractivity (Wildman–Crippen MR) is 133 cm³/mol. The molecule has 0 bridgehead atoms. The van der Waals surface area contributed by atoms with Gasteiger partial charge in [-0.25, -0.2) is 0 Å². The standard InChI is InChI=1S/C26H26N4OS/c1-18-11-22-13-23(25(31)29-24(22)12-19(18)2)17-30(16-21-9-6-10-27-14-21)26(32)28-15-20-7-4-3-5-8-20/h3-14H,15-17H2,1-2H3,(H,28,32)(H,29,31). The number of thiocarbonyl (C=S) groups is 1. The van der Waals surface area contributed by atoms with E-state index in [0.717, 1.165) is 27.6 Å². The van der Waals surface area contributed by atoms with Gasteiger partial charge in [0.15, 0.2) is 5.11 Å². The second-order valence-electron chi connectivity index (χ2n) is 8.01. The number of aromatic nitrogens is 2. The molecule has 0 unspecified atom stereocenters. The molecule has 0 aliphatic heterocycles. The molecule has 4 aromatic rings. The molecule has 0 aliphatic carbocycles. The van der Waals surface area contributed by atoms with Gasteiger partial charge in [-0.3, -0.25) is 9.78 Å². The summed E-state index contributed by atoms with van der Waals surface area (Å²) in [5, 5.41) is 4.95. The number of pyridine rings is 2. The summed E-state index contributed by atoms with van der Waals surface area (Å²) in [6.07, 6.45) is 3.57. The van der Waals surface area contributed by atoms with Crippen molar-refractivity contribution >= 4 is 28.2 Å². The molecular formula is C26H26N4OS.